The first kappa shape index (κ1) is 27.5. The van der Waals surface area contributed by atoms with E-state index >= 15 is 0 Å². The number of allylic oxidation sites excluding steroid dienone is 1. The second kappa shape index (κ2) is 9.23. The van der Waals surface area contributed by atoms with Crippen LogP contribution in [0, 0.1) is 34.0 Å². The van der Waals surface area contributed by atoms with E-state index in [0.717, 1.165) is 44.9 Å². The molecule has 0 aromatic carbocycles. The van der Waals surface area contributed by atoms with Gasteiger partial charge in [0, 0.05) is 36.7 Å². The average Bonchev–Trinajstić information content (AvgIpc) is 3.07. The molecule has 3 aliphatic carbocycles. The van der Waals surface area contributed by atoms with Gasteiger partial charge in [-0.15, -0.1) is 0 Å². The number of ether oxygens (including phenoxy) is 3. The molecule has 2 aliphatic heterocycles. The summed E-state index contributed by atoms with van der Waals surface area (Å²) >= 11 is 0. The zero-order chi connectivity index (χ0) is 27.7. The fourth-order valence-corrected chi connectivity index (χ4v) is 9.68. The van der Waals surface area contributed by atoms with Crippen LogP contribution in [0.3, 0.4) is 0 Å². The smallest absolute Gasteiger partial charge is 0.333 e. The molecule has 210 valence electrons. The molecular formula is C32H46O6. The third kappa shape index (κ3) is 3.99. The molecule has 6 heteroatoms. The molecule has 0 amide bonds. The van der Waals surface area contributed by atoms with Gasteiger partial charge in [-0.05, 0) is 88.4 Å². The Bertz CT molecular complexity index is 1100. The molecule has 5 aliphatic rings. The zero-order valence-corrected chi connectivity index (χ0v) is 24.4. The summed E-state index contributed by atoms with van der Waals surface area (Å²) in [6.45, 7) is 14.9. The molecular weight excluding hydrogens is 480 g/mol. The Hall–Kier alpha value is -2.11. The lowest BCUT2D eigenvalue weighted by Crippen LogP contribution is -2.54. The molecule has 1 saturated carbocycles. The van der Waals surface area contributed by atoms with Crippen LogP contribution in [0.2, 0.25) is 0 Å². The molecule has 0 N–H and O–H groups in total. The third-order valence-electron chi connectivity index (χ3n) is 11.9. The number of esters is 3. The van der Waals surface area contributed by atoms with Gasteiger partial charge in [0.25, 0.3) is 0 Å². The van der Waals surface area contributed by atoms with Crippen LogP contribution in [-0.4, -0.2) is 36.2 Å². The maximum atomic E-state index is 12.7. The molecule has 1 saturated heterocycles. The average molecular weight is 527 g/mol. The van der Waals surface area contributed by atoms with Crippen molar-refractivity contribution in [1.29, 1.82) is 0 Å². The van der Waals surface area contributed by atoms with Crippen molar-refractivity contribution < 1.29 is 28.6 Å². The van der Waals surface area contributed by atoms with Crippen LogP contribution < -0.4 is 0 Å². The van der Waals surface area contributed by atoms with Gasteiger partial charge in [0.2, 0.25) is 0 Å². The van der Waals surface area contributed by atoms with Gasteiger partial charge in [0.15, 0.2) is 0 Å². The number of fused-ring (bicyclic) bond motifs is 4. The van der Waals surface area contributed by atoms with E-state index in [2.05, 4.69) is 20.8 Å². The van der Waals surface area contributed by atoms with E-state index in [1.165, 1.54) is 12.5 Å². The number of carbonyl (C=O) groups excluding carboxylic acids is 3. The van der Waals surface area contributed by atoms with E-state index in [4.69, 9.17) is 14.2 Å². The lowest BCUT2D eigenvalue weighted by Gasteiger charge is -2.59. The van der Waals surface area contributed by atoms with Crippen molar-refractivity contribution in [3.05, 3.63) is 22.8 Å². The summed E-state index contributed by atoms with van der Waals surface area (Å²) in [5.74, 6) is 0.261. The SMILES string of the molecule is CC(=O)OC[C@]12CCC(=O)OC(C)(C)[C@@H]1CCC1=C2CC[C@]2(C)[C@@H]([C@H](C)[C@@H]3CC=C(C)C(=O)O3)CC[C@@]12C. The summed E-state index contributed by atoms with van der Waals surface area (Å²) in [4.78, 5) is 37.1. The van der Waals surface area contributed by atoms with Crippen LogP contribution in [-0.2, 0) is 28.6 Å². The summed E-state index contributed by atoms with van der Waals surface area (Å²) in [5, 5.41) is 0. The molecule has 0 aromatic rings. The number of cyclic esters (lactones) is 2. The maximum absolute atomic E-state index is 12.7. The Morgan fingerprint density at radius 1 is 1.05 bits per heavy atom. The summed E-state index contributed by atoms with van der Waals surface area (Å²) in [5.41, 5.74) is 2.84. The van der Waals surface area contributed by atoms with E-state index in [-0.39, 0.29) is 52.1 Å². The van der Waals surface area contributed by atoms with Crippen molar-refractivity contribution in [3.63, 3.8) is 0 Å². The minimum Gasteiger partial charge on any atom is -0.465 e. The lowest BCUT2D eigenvalue weighted by atomic mass is 9.46. The lowest BCUT2D eigenvalue weighted by molar-refractivity contribution is -0.165. The standard InChI is InChI=1S/C32H46O6/c1-19-8-10-25(37-28(19)35)20(2)22-12-15-31(7)23-9-11-26-29(4,5)38-27(34)14-17-32(26,18-36-21(3)33)24(23)13-16-30(22,31)6/h8,20,22,25-26H,9-18H2,1-7H3/t20-,22+,25-,26-,30+,31-,32-/m0/s1. The number of hydrogen-bond donors (Lipinski definition) is 0. The molecule has 5 rings (SSSR count). The fraction of sp³-hybridized carbons (Fsp3) is 0.781. The van der Waals surface area contributed by atoms with E-state index in [0.29, 0.717) is 30.9 Å². The van der Waals surface area contributed by atoms with Crippen molar-refractivity contribution in [2.45, 2.75) is 118 Å². The Balaban J connectivity index is 1.54. The molecule has 0 spiro atoms. The highest BCUT2D eigenvalue weighted by atomic mass is 16.6. The second-order valence-electron chi connectivity index (χ2n) is 13.9. The van der Waals surface area contributed by atoms with Crippen LogP contribution in [0.5, 0.6) is 0 Å². The highest BCUT2D eigenvalue weighted by molar-refractivity contribution is 5.88. The van der Waals surface area contributed by atoms with Crippen molar-refractivity contribution in [2.24, 2.45) is 34.0 Å². The molecule has 0 bridgehead atoms. The topological polar surface area (TPSA) is 78.9 Å². The Morgan fingerprint density at radius 2 is 1.79 bits per heavy atom. The van der Waals surface area contributed by atoms with Gasteiger partial charge < -0.3 is 14.2 Å². The van der Waals surface area contributed by atoms with Crippen LogP contribution >= 0.6 is 0 Å². The fourth-order valence-electron chi connectivity index (χ4n) is 9.68. The molecule has 7 atom stereocenters. The molecule has 2 fully saturated rings. The highest BCUT2D eigenvalue weighted by Gasteiger charge is 2.64. The normalized spacial score (nSPS) is 41.0. The van der Waals surface area contributed by atoms with E-state index in [1.807, 2.05) is 26.8 Å². The number of carbonyl (C=O) groups is 3. The summed E-state index contributed by atoms with van der Waals surface area (Å²) < 4.78 is 17.7. The predicted octanol–water partition coefficient (Wildman–Crippen LogP) is 6.47. The minimum absolute atomic E-state index is 0.0272. The van der Waals surface area contributed by atoms with Gasteiger partial charge in [0.1, 0.15) is 18.3 Å². The Labute approximate surface area is 227 Å². The summed E-state index contributed by atoms with van der Waals surface area (Å²) in [6, 6.07) is 0. The first-order valence-corrected chi connectivity index (χ1v) is 14.7. The highest BCUT2D eigenvalue weighted by Crippen LogP contribution is 2.71. The van der Waals surface area contributed by atoms with Gasteiger partial charge in [-0.1, -0.05) is 38.0 Å². The first-order chi connectivity index (χ1) is 17.7. The summed E-state index contributed by atoms with van der Waals surface area (Å²) in [6.07, 6.45) is 9.96. The molecule has 2 heterocycles. The number of rotatable bonds is 4. The quantitative estimate of drug-likeness (QED) is 0.237. The zero-order valence-electron chi connectivity index (χ0n) is 24.4. The van der Waals surface area contributed by atoms with Gasteiger partial charge in [-0.25, -0.2) is 4.79 Å². The van der Waals surface area contributed by atoms with Gasteiger partial charge in [0.05, 0.1) is 0 Å². The van der Waals surface area contributed by atoms with E-state index in [1.54, 1.807) is 5.57 Å². The van der Waals surface area contributed by atoms with E-state index < -0.39 is 5.60 Å². The van der Waals surface area contributed by atoms with Crippen molar-refractivity contribution in [3.8, 4) is 0 Å². The number of hydrogen-bond acceptors (Lipinski definition) is 6. The maximum Gasteiger partial charge on any atom is 0.333 e. The van der Waals surface area contributed by atoms with Crippen molar-refractivity contribution in [1.82, 2.24) is 0 Å². The van der Waals surface area contributed by atoms with Crippen LogP contribution in [0.25, 0.3) is 0 Å². The Kier molecular flexibility index (Phi) is 6.67. The van der Waals surface area contributed by atoms with Crippen LogP contribution in [0.15, 0.2) is 22.8 Å². The largest absolute Gasteiger partial charge is 0.465 e. The van der Waals surface area contributed by atoms with Gasteiger partial charge in [-0.3, -0.25) is 9.59 Å². The molecule has 0 aromatic heterocycles. The molecule has 0 radical (unpaired) electrons. The van der Waals surface area contributed by atoms with Crippen molar-refractivity contribution >= 4 is 17.9 Å². The monoisotopic (exact) mass is 526 g/mol. The van der Waals surface area contributed by atoms with Gasteiger partial charge >= 0.3 is 17.9 Å². The summed E-state index contributed by atoms with van der Waals surface area (Å²) in [7, 11) is 0. The first-order valence-electron chi connectivity index (χ1n) is 14.7. The minimum atomic E-state index is -0.614. The van der Waals surface area contributed by atoms with Gasteiger partial charge in [-0.2, -0.15) is 0 Å². The molecule has 38 heavy (non-hydrogen) atoms. The Morgan fingerprint density at radius 3 is 2.47 bits per heavy atom. The van der Waals surface area contributed by atoms with Crippen LogP contribution in [0.4, 0.5) is 0 Å². The van der Waals surface area contributed by atoms with Crippen molar-refractivity contribution in [2.75, 3.05) is 6.61 Å². The van der Waals surface area contributed by atoms with E-state index in [9.17, 15) is 14.4 Å². The third-order valence-corrected chi connectivity index (χ3v) is 11.9. The molecule has 0 unspecified atom stereocenters. The second-order valence-corrected chi connectivity index (χ2v) is 13.9. The van der Waals surface area contributed by atoms with Crippen LogP contribution in [0.1, 0.15) is 106 Å². The predicted molar refractivity (Wildman–Crippen MR) is 144 cm³/mol. The molecule has 6 nitrogen and oxygen atoms in total.